The maximum Gasteiger partial charge on any atom is 0.286 e. The quantitative estimate of drug-likeness (QED) is 0.700. The first-order chi connectivity index (χ1) is 13.4. The van der Waals surface area contributed by atoms with E-state index in [9.17, 15) is 14.4 Å². The molecule has 5 aliphatic rings. The molecule has 150 valence electrons. The molecule has 4 saturated carbocycles. The average Bonchev–Trinajstić information content (AvgIpc) is 2.96. The molecule has 0 saturated heterocycles. The van der Waals surface area contributed by atoms with Crippen LogP contribution in [-0.2, 0) is 11.2 Å². The zero-order chi connectivity index (χ0) is 19.5. The van der Waals surface area contributed by atoms with Crippen LogP contribution in [0, 0.1) is 30.1 Å². The Balaban J connectivity index is 1.22. The molecule has 4 fully saturated rings. The molecule has 1 aromatic rings. The molecule has 0 aromatic carbocycles. The molecule has 0 unspecified atom stereocenters. The number of hydrogen-bond acceptors (Lipinski definition) is 3. The Morgan fingerprint density at radius 3 is 2.29 bits per heavy atom. The van der Waals surface area contributed by atoms with Crippen LogP contribution in [0.4, 0.5) is 0 Å². The van der Waals surface area contributed by atoms with Crippen molar-refractivity contribution in [1.82, 2.24) is 15.8 Å². The maximum absolute atomic E-state index is 12.6. The fourth-order valence-corrected chi connectivity index (χ4v) is 7.08. The molecule has 2 amide bonds. The molecular weight excluding hydrogens is 354 g/mol. The third-order valence-electron chi connectivity index (χ3n) is 7.68. The summed E-state index contributed by atoms with van der Waals surface area (Å²) in [4.78, 5) is 40.4. The van der Waals surface area contributed by atoms with Gasteiger partial charge in [-0.1, -0.05) is 0 Å². The number of rotatable bonds is 3. The summed E-state index contributed by atoms with van der Waals surface area (Å²) in [5.74, 6) is 2.04. The first-order valence-corrected chi connectivity index (χ1v) is 10.8. The summed E-state index contributed by atoms with van der Waals surface area (Å²) in [5, 5.41) is 0. The van der Waals surface area contributed by atoms with Gasteiger partial charge in [-0.3, -0.25) is 25.2 Å². The molecule has 4 bridgehead atoms. The zero-order valence-corrected chi connectivity index (χ0v) is 16.5. The first kappa shape index (κ1) is 18.0. The topological polar surface area (TPSA) is 91.1 Å². The van der Waals surface area contributed by atoms with Gasteiger partial charge in [-0.2, -0.15) is 0 Å². The van der Waals surface area contributed by atoms with Crippen molar-refractivity contribution in [2.45, 2.75) is 71.1 Å². The van der Waals surface area contributed by atoms with Gasteiger partial charge in [0, 0.05) is 24.1 Å². The van der Waals surface area contributed by atoms with Crippen molar-refractivity contribution in [2.75, 3.05) is 0 Å². The van der Waals surface area contributed by atoms with Crippen LogP contribution in [0.3, 0.4) is 0 Å². The summed E-state index contributed by atoms with van der Waals surface area (Å²) >= 11 is 0. The number of ketones is 1. The molecule has 0 radical (unpaired) electrons. The first-order valence-electron chi connectivity index (χ1n) is 10.8. The minimum Gasteiger partial charge on any atom is -0.354 e. The summed E-state index contributed by atoms with van der Waals surface area (Å²) < 4.78 is 0. The Hall–Kier alpha value is -2.11. The van der Waals surface area contributed by atoms with E-state index in [1.54, 1.807) is 6.92 Å². The molecule has 1 aromatic heterocycles. The maximum atomic E-state index is 12.6. The summed E-state index contributed by atoms with van der Waals surface area (Å²) in [5.41, 5.74) is 7.93. The third-order valence-corrected chi connectivity index (χ3v) is 7.68. The van der Waals surface area contributed by atoms with Crippen molar-refractivity contribution >= 4 is 17.6 Å². The molecule has 5 aliphatic carbocycles. The van der Waals surface area contributed by atoms with Crippen molar-refractivity contribution in [3.05, 3.63) is 22.5 Å². The predicted octanol–water partition coefficient (Wildman–Crippen LogP) is 3.21. The monoisotopic (exact) mass is 383 g/mol. The Morgan fingerprint density at radius 2 is 1.68 bits per heavy atom. The molecule has 0 spiro atoms. The van der Waals surface area contributed by atoms with Gasteiger partial charge in [-0.05, 0) is 87.0 Å². The van der Waals surface area contributed by atoms with Crippen LogP contribution in [0.5, 0.6) is 0 Å². The van der Waals surface area contributed by atoms with Gasteiger partial charge >= 0.3 is 0 Å². The Kier molecular flexibility index (Phi) is 4.14. The van der Waals surface area contributed by atoms with E-state index in [0.717, 1.165) is 36.3 Å². The van der Waals surface area contributed by atoms with Crippen LogP contribution in [0.15, 0.2) is 0 Å². The largest absolute Gasteiger partial charge is 0.354 e. The molecule has 6 heteroatoms. The van der Waals surface area contributed by atoms with Crippen molar-refractivity contribution in [1.29, 1.82) is 0 Å². The molecule has 28 heavy (non-hydrogen) atoms. The number of amides is 2. The van der Waals surface area contributed by atoms with Crippen LogP contribution >= 0.6 is 0 Å². The number of aryl methyl sites for hydroxylation is 1. The van der Waals surface area contributed by atoms with E-state index in [2.05, 4.69) is 15.8 Å². The van der Waals surface area contributed by atoms with E-state index >= 15 is 0 Å². The van der Waals surface area contributed by atoms with E-state index in [-0.39, 0.29) is 23.0 Å². The Bertz CT molecular complexity index is 818. The molecule has 0 aliphatic heterocycles. The summed E-state index contributed by atoms with van der Waals surface area (Å²) in [6.07, 6.45) is 10.2. The fraction of sp³-hybridized carbons (Fsp3) is 0.682. The SMILES string of the molecule is Cc1c(C(=O)NNC(=O)CC23CC4CC(CC(C4)C2)C3)[nH]c2c1C(=O)CCC2. The summed E-state index contributed by atoms with van der Waals surface area (Å²) in [6, 6.07) is 0. The number of carbonyl (C=O) groups is 3. The van der Waals surface area contributed by atoms with Crippen molar-refractivity contribution in [3.8, 4) is 0 Å². The number of H-pyrrole nitrogens is 1. The zero-order valence-electron chi connectivity index (χ0n) is 16.5. The van der Waals surface area contributed by atoms with Gasteiger partial charge in [-0.15, -0.1) is 0 Å². The molecular formula is C22H29N3O3. The van der Waals surface area contributed by atoms with Gasteiger partial charge in [0.15, 0.2) is 5.78 Å². The standard InChI is InChI=1S/C22H29N3O3/c1-12-19-16(3-2-4-17(19)26)23-20(12)21(28)25-24-18(27)11-22-8-13-5-14(9-22)7-15(6-13)10-22/h13-15,23H,2-11H2,1H3,(H,24,27)(H,25,28). The van der Waals surface area contributed by atoms with E-state index in [1.807, 2.05) is 0 Å². The second-order valence-corrected chi connectivity index (χ2v) is 9.85. The number of carbonyl (C=O) groups excluding carboxylic acids is 3. The van der Waals surface area contributed by atoms with E-state index < -0.39 is 0 Å². The van der Waals surface area contributed by atoms with Crippen molar-refractivity contribution < 1.29 is 14.4 Å². The number of hydrazine groups is 1. The highest BCUT2D eigenvalue weighted by atomic mass is 16.2. The average molecular weight is 383 g/mol. The second kappa shape index (κ2) is 6.46. The normalized spacial score (nSPS) is 32.9. The highest BCUT2D eigenvalue weighted by molar-refractivity contribution is 6.04. The lowest BCUT2D eigenvalue weighted by molar-refractivity contribution is -0.130. The van der Waals surface area contributed by atoms with Crippen LogP contribution in [0.25, 0.3) is 0 Å². The van der Waals surface area contributed by atoms with E-state index in [4.69, 9.17) is 0 Å². The molecule has 6 nitrogen and oxygen atoms in total. The lowest BCUT2D eigenvalue weighted by atomic mass is 9.49. The van der Waals surface area contributed by atoms with Crippen molar-refractivity contribution in [2.24, 2.45) is 23.2 Å². The summed E-state index contributed by atoms with van der Waals surface area (Å²) in [6.45, 7) is 1.80. The van der Waals surface area contributed by atoms with Crippen LogP contribution in [-0.4, -0.2) is 22.6 Å². The lowest BCUT2D eigenvalue weighted by Gasteiger charge is -2.56. The third kappa shape index (κ3) is 2.97. The Labute approximate surface area is 165 Å². The number of nitrogens with one attached hydrogen (secondary N) is 3. The number of hydrogen-bond donors (Lipinski definition) is 3. The van der Waals surface area contributed by atoms with E-state index in [1.165, 1.54) is 38.5 Å². The minimum atomic E-state index is -0.376. The fourth-order valence-electron chi connectivity index (χ4n) is 7.08. The highest BCUT2D eigenvalue weighted by Crippen LogP contribution is 2.61. The molecule has 1 heterocycles. The summed E-state index contributed by atoms with van der Waals surface area (Å²) in [7, 11) is 0. The van der Waals surface area contributed by atoms with E-state index in [0.29, 0.717) is 29.7 Å². The smallest absolute Gasteiger partial charge is 0.286 e. The number of aromatic amines is 1. The van der Waals surface area contributed by atoms with Crippen LogP contribution < -0.4 is 10.9 Å². The number of fused-ring (bicyclic) bond motifs is 1. The molecule has 6 rings (SSSR count). The molecule has 3 N–H and O–H groups in total. The minimum absolute atomic E-state index is 0.0969. The number of aromatic nitrogens is 1. The van der Waals surface area contributed by atoms with Gasteiger partial charge in [-0.25, -0.2) is 0 Å². The lowest BCUT2D eigenvalue weighted by Crippen LogP contribution is -2.50. The van der Waals surface area contributed by atoms with Crippen LogP contribution in [0.2, 0.25) is 0 Å². The predicted molar refractivity (Wildman–Crippen MR) is 104 cm³/mol. The van der Waals surface area contributed by atoms with Gasteiger partial charge in [0.05, 0.1) is 0 Å². The van der Waals surface area contributed by atoms with Gasteiger partial charge in [0.2, 0.25) is 5.91 Å². The van der Waals surface area contributed by atoms with Gasteiger partial charge in [0.25, 0.3) is 5.91 Å². The van der Waals surface area contributed by atoms with Crippen molar-refractivity contribution in [3.63, 3.8) is 0 Å². The van der Waals surface area contributed by atoms with Gasteiger partial charge < -0.3 is 4.98 Å². The Morgan fingerprint density at radius 1 is 1.04 bits per heavy atom. The van der Waals surface area contributed by atoms with Gasteiger partial charge in [0.1, 0.15) is 5.69 Å². The second-order valence-electron chi connectivity index (χ2n) is 9.85. The van der Waals surface area contributed by atoms with Crippen LogP contribution in [0.1, 0.15) is 89.9 Å². The number of Topliss-reactive ketones (excluding diaryl/α,β-unsaturated/α-hetero) is 1. The highest BCUT2D eigenvalue weighted by Gasteiger charge is 2.51. The molecule has 0 atom stereocenters.